The van der Waals surface area contributed by atoms with E-state index >= 15 is 0 Å². The second-order valence-electron chi connectivity index (χ2n) is 2.73. The summed E-state index contributed by atoms with van der Waals surface area (Å²) in [7, 11) is 0. The first kappa shape index (κ1) is 29.2. The Morgan fingerprint density at radius 1 is 0.571 bits per heavy atom. The van der Waals surface area contributed by atoms with E-state index in [1.54, 1.807) is 0 Å². The summed E-state index contributed by atoms with van der Waals surface area (Å²) >= 11 is 0. The lowest BCUT2D eigenvalue weighted by Crippen LogP contribution is -1.66. The third-order valence-electron chi connectivity index (χ3n) is 0.500. The van der Waals surface area contributed by atoms with Crippen LogP contribution < -0.4 is 0 Å². The van der Waals surface area contributed by atoms with Crippen LogP contribution in [0.5, 0.6) is 0 Å². The third-order valence-corrected chi connectivity index (χ3v) is 0.500. The molecule has 14 heavy (non-hydrogen) atoms. The molecule has 0 rings (SSSR count). The van der Waals surface area contributed by atoms with Crippen LogP contribution in [-0.2, 0) is 0 Å². The van der Waals surface area contributed by atoms with Crippen molar-refractivity contribution in [2.45, 2.75) is 89.0 Å². The Balaban J connectivity index is -0.0000000255. The van der Waals surface area contributed by atoms with Crippen LogP contribution in [-0.4, -0.2) is 0 Å². The van der Waals surface area contributed by atoms with Gasteiger partial charge in [0.1, 0.15) is 0 Å². The standard InChI is InChI=1S/2C4H10.3C2H6/c1-4(2)3;1-3-4-2;3*1-2/h4H,1-3H3;3-4H2,1-2H3;3*1-2H3. The molecule has 0 spiro atoms. The van der Waals surface area contributed by atoms with Crippen molar-refractivity contribution in [1.82, 2.24) is 0 Å². The fourth-order valence-electron chi connectivity index (χ4n) is 0. The molecule has 0 saturated heterocycles. The van der Waals surface area contributed by atoms with E-state index in [2.05, 4.69) is 34.6 Å². The highest BCUT2D eigenvalue weighted by atomic mass is 13.7. The third kappa shape index (κ3) is 1450. The summed E-state index contributed by atoms with van der Waals surface area (Å²) in [6.45, 7) is 22.9. The predicted molar refractivity (Wildman–Crippen MR) is 75.1 cm³/mol. The highest BCUT2D eigenvalue weighted by molar-refractivity contribution is 4.20. The Morgan fingerprint density at radius 2 is 0.643 bits per heavy atom. The maximum Gasteiger partial charge on any atom is -0.0500 e. The number of rotatable bonds is 1. The van der Waals surface area contributed by atoms with E-state index < -0.39 is 0 Å². The minimum atomic E-state index is 0.833. The second-order valence-corrected chi connectivity index (χ2v) is 2.73. The van der Waals surface area contributed by atoms with Crippen molar-refractivity contribution >= 4 is 0 Å². The zero-order chi connectivity index (χ0) is 13.0. The van der Waals surface area contributed by atoms with Crippen molar-refractivity contribution in [3.8, 4) is 0 Å². The number of hydrogen-bond acceptors (Lipinski definition) is 0. The first-order chi connectivity index (χ1) is 6.65. The smallest absolute Gasteiger partial charge is 0.0500 e. The maximum atomic E-state index is 2.18. The zero-order valence-corrected chi connectivity index (χ0v) is 13.0. The molecule has 0 fully saturated rings. The van der Waals surface area contributed by atoms with Crippen LogP contribution in [0.25, 0.3) is 0 Å². The molecule has 0 amide bonds. The molecule has 0 heteroatoms. The van der Waals surface area contributed by atoms with Crippen LogP contribution in [0.4, 0.5) is 0 Å². The van der Waals surface area contributed by atoms with Gasteiger partial charge in [0.05, 0.1) is 0 Å². The Morgan fingerprint density at radius 3 is 0.643 bits per heavy atom. The van der Waals surface area contributed by atoms with E-state index in [-0.39, 0.29) is 0 Å². The molecule has 0 bridgehead atoms. The van der Waals surface area contributed by atoms with Crippen LogP contribution >= 0.6 is 0 Å². The van der Waals surface area contributed by atoms with Gasteiger partial charge >= 0.3 is 0 Å². The number of hydrogen-bond donors (Lipinski definition) is 0. The van der Waals surface area contributed by atoms with Gasteiger partial charge in [0, 0.05) is 0 Å². The molecular weight excluding hydrogens is 168 g/mol. The predicted octanol–water partition coefficient (Wildman–Crippen LogP) is 6.55. The Bertz CT molecular complexity index is 16.5. The van der Waals surface area contributed by atoms with E-state index in [1.165, 1.54) is 12.8 Å². The fraction of sp³-hybridized carbons (Fsp3) is 1.00. The van der Waals surface area contributed by atoms with Crippen molar-refractivity contribution in [2.75, 3.05) is 0 Å². The lowest BCUT2D eigenvalue weighted by molar-refractivity contribution is 0.737. The van der Waals surface area contributed by atoms with Crippen molar-refractivity contribution < 1.29 is 0 Å². The van der Waals surface area contributed by atoms with Crippen LogP contribution in [0.15, 0.2) is 0 Å². The van der Waals surface area contributed by atoms with Crippen LogP contribution in [0.3, 0.4) is 0 Å². The molecule has 94 valence electrons. The molecular formula is C14H38. The van der Waals surface area contributed by atoms with Crippen molar-refractivity contribution in [2.24, 2.45) is 5.92 Å². The summed E-state index contributed by atoms with van der Waals surface area (Å²) in [6.07, 6.45) is 2.64. The monoisotopic (exact) mass is 206 g/mol. The molecule has 0 aromatic heterocycles. The van der Waals surface area contributed by atoms with Crippen molar-refractivity contribution in [3.63, 3.8) is 0 Å². The molecule has 0 aromatic rings. The molecule has 0 aliphatic rings. The molecule has 0 aliphatic carbocycles. The van der Waals surface area contributed by atoms with E-state index in [9.17, 15) is 0 Å². The molecule has 0 atom stereocenters. The quantitative estimate of drug-likeness (QED) is 0.456. The van der Waals surface area contributed by atoms with Gasteiger partial charge in [0.2, 0.25) is 0 Å². The normalized spacial score (nSPS) is 6.00. The van der Waals surface area contributed by atoms with Gasteiger partial charge in [-0.15, -0.1) is 0 Å². The lowest BCUT2D eigenvalue weighted by Gasteiger charge is -1.79. The zero-order valence-electron chi connectivity index (χ0n) is 13.0. The molecule has 0 aliphatic heterocycles. The lowest BCUT2D eigenvalue weighted by atomic mass is 10.3. The minimum Gasteiger partial charge on any atom is -0.0683 e. The molecule has 0 heterocycles. The summed E-state index contributed by atoms with van der Waals surface area (Å²) in [5.41, 5.74) is 0. The van der Waals surface area contributed by atoms with Crippen LogP contribution in [0.2, 0.25) is 0 Å². The van der Waals surface area contributed by atoms with Crippen LogP contribution in [0, 0.1) is 5.92 Å². The molecule has 0 N–H and O–H groups in total. The minimum absolute atomic E-state index is 0.833. The van der Waals surface area contributed by atoms with Crippen molar-refractivity contribution in [3.05, 3.63) is 0 Å². The summed E-state index contributed by atoms with van der Waals surface area (Å²) in [4.78, 5) is 0. The first-order valence-corrected chi connectivity index (χ1v) is 6.65. The van der Waals surface area contributed by atoms with E-state index in [4.69, 9.17) is 0 Å². The molecule has 0 aromatic carbocycles. The van der Waals surface area contributed by atoms with Gasteiger partial charge in [0.15, 0.2) is 0 Å². The molecule has 0 unspecified atom stereocenters. The van der Waals surface area contributed by atoms with Crippen molar-refractivity contribution in [1.29, 1.82) is 0 Å². The summed E-state index contributed by atoms with van der Waals surface area (Å²) in [6, 6.07) is 0. The molecule has 0 radical (unpaired) electrons. The van der Waals surface area contributed by atoms with E-state index in [1.807, 2.05) is 41.5 Å². The highest BCUT2D eigenvalue weighted by Crippen LogP contribution is 1.81. The van der Waals surface area contributed by atoms with Crippen LogP contribution in [0.1, 0.15) is 89.0 Å². The van der Waals surface area contributed by atoms with E-state index in [0.29, 0.717) is 0 Å². The largest absolute Gasteiger partial charge is 0.0683 e. The molecule has 0 saturated carbocycles. The fourth-order valence-corrected chi connectivity index (χ4v) is 0. The van der Waals surface area contributed by atoms with E-state index in [0.717, 1.165) is 5.92 Å². The van der Waals surface area contributed by atoms with Gasteiger partial charge in [-0.25, -0.2) is 0 Å². The Labute approximate surface area is 95.5 Å². The Kier molecular flexibility index (Phi) is 156. The second kappa shape index (κ2) is 74.9. The van der Waals surface area contributed by atoms with Gasteiger partial charge in [0.25, 0.3) is 0 Å². The maximum absolute atomic E-state index is 2.18. The summed E-state index contributed by atoms with van der Waals surface area (Å²) in [5.74, 6) is 0.833. The Hall–Kier alpha value is 0. The SMILES string of the molecule is CC.CC.CC.CC(C)C.CCCC. The average molecular weight is 206 g/mol. The van der Waals surface area contributed by atoms with Gasteiger partial charge in [-0.05, 0) is 5.92 Å². The van der Waals surface area contributed by atoms with Gasteiger partial charge < -0.3 is 0 Å². The summed E-state index contributed by atoms with van der Waals surface area (Å²) < 4.78 is 0. The number of unbranched alkanes of at least 4 members (excludes halogenated alkanes) is 1. The van der Waals surface area contributed by atoms with Gasteiger partial charge in [-0.2, -0.15) is 0 Å². The highest BCUT2D eigenvalue weighted by Gasteiger charge is 1.68. The average Bonchev–Trinajstić information content (AvgIpc) is 2.25. The topological polar surface area (TPSA) is 0 Å². The molecule has 0 nitrogen and oxygen atoms in total. The van der Waals surface area contributed by atoms with Gasteiger partial charge in [-0.3, -0.25) is 0 Å². The summed E-state index contributed by atoms with van der Waals surface area (Å²) in [5, 5.41) is 0. The first-order valence-electron chi connectivity index (χ1n) is 6.65. The van der Waals surface area contributed by atoms with Gasteiger partial charge in [-0.1, -0.05) is 89.0 Å².